The highest BCUT2D eigenvalue weighted by Gasteiger charge is 2.16. The van der Waals surface area contributed by atoms with Crippen LogP contribution < -0.4 is 0 Å². The van der Waals surface area contributed by atoms with E-state index in [4.69, 9.17) is 9.32 Å². The molecule has 2 aromatic rings. The number of hydroxylamine groups is 2. The molecule has 2 aromatic carbocycles. The minimum absolute atomic E-state index is 0.0331. The SMILES string of the molecule is COOC=Nc1ccc(S(=O)(=O)N=CC=Cc2ccc(C(C)(C)C)cc2)cc1SOON(C)C. The zero-order valence-electron chi connectivity index (χ0n) is 20.0. The number of hydrogen-bond acceptors (Lipinski definition) is 9. The average molecular weight is 508 g/mol. The van der Waals surface area contributed by atoms with Crippen LogP contribution in [-0.2, 0) is 34.5 Å². The van der Waals surface area contributed by atoms with Gasteiger partial charge in [0, 0.05) is 20.3 Å². The fraction of sp³-hybridized carbons (Fsp3) is 0.304. The van der Waals surface area contributed by atoms with Gasteiger partial charge >= 0.3 is 0 Å². The van der Waals surface area contributed by atoms with E-state index in [0.717, 1.165) is 24.0 Å². The van der Waals surface area contributed by atoms with Crippen molar-refractivity contribution < 1.29 is 27.5 Å². The molecule has 0 spiro atoms. The van der Waals surface area contributed by atoms with E-state index in [1.165, 1.54) is 42.2 Å². The van der Waals surface area contributed by atoms with Crippen molar-refractivity contribution in [1.29, 1.82) is 0 Å². The Labute approximate surface area is 205 Å². The molecule has 0 unspecified atom stereocenters. The van der Waals surface area contributed by atoms with Crippen LogP contribution in [0.15, 0.2) is 67.7 Å². The van der Waals surface area contributed by atoms with Gasteiger partial charge in [-0.25, -0.2) is 4.99 Å². The lowest BCUT2D eigenvalue weighted by atomic mass is 9.87. The number of aliphatic imine (C=N–C) groups is 1. The quantitative estimate of drug-likeness (QED) is 0.136. The van der Waals surface area contributed by atoms with Crippen molar-refractivity contribution in [1.82, 2.24) is 5.06 Å². The lowest BCUT2D eigenvalue weighted by Gasteiger charge is -2.18. The second-order valence-electron chi connectivity index (χ2n) is 8.13. The van der Waals surface area contributed by atoms with Gasteiger partial charge in [0.25, 0.3) is 10.0 Å². The van der Waals surface area contributed by atoms with Crippen molar-refractivity contribution in [3.63, 3.8) is 0 Å². The normalized spacial score (nSPS) is 13.0. The van der Waals surface area contributed by atoms with Gasteiger partial charge in [0.05, 0.1) is 34.6 Å². The Morgan fingerprint density at radius 2 is 1.76 bits per heavy atom. The number of nitrogens with zero attached hydrogens (tertiary/aromatic N) is 3. The first kappa shape index (κ1) is 27.7. The molecule has 0 N–H and O–H groups in total. The van der Waals surface area contributed by atoms with E-state index < -0.39 is 10.0 Å². The Balaban J connectivity index is 2.18. The van der Waals surface area contributed by atoms with Crippen molar-refractivity contribution in [3.05, 3.63) is 59.7 Å². The number of benzene rings is 2. The van der Waals surface area contributed by atoms with Gasteiger partial charge in [-0.1, -0.05) is 51.1 Å². The molecule has 0 aliphatic rings. The lowest BCUT2D eigenvalue weighted by Crippen LogP contribution is -2.10. The number of sulfonamides is 1. The van der Waals surface area contributed by atoms with Crippen LogP contribution in [0.5, 0.6) is 0 Å². The summed E-state index contributed by atoms with van der Waals surface area (Å²) in [7, 11) is 0.642. The minimum Gasteiger partial charge on any atom is -0.325 e. The highest BCUT2D eigenvalue weighted by atomic mass is 32.2. The molecule has 0 aromatic heterocycles. The third kappa shape index (κ3) is 9.01. The second-order valence-corrected chi connectivity index (χ2v) is 10.5. The van der Waals surface area contributed by atoms with Crippen LogP contribution in [-0.4, -0.2) is 47.3 Å². The summed E-state index contributed by atoms with van der Waals surface area (Å²) in [4.78, 5) is 18.4. The molecule has 0 radical (unpaired) electrons. The van der Waals surface area contributed by atoms with E-state index in [1.54, 1.807) is 26.2 Å². The van der Waals surface area contributed by atoms with Crippen LogP contribution in [0.25, 0.3) is 6.08 Å². The van der Waals surface area contributed by atoms with Crippen molar-refractivity contribution in [2.75, 3.05) is 21.2 Å². The Hall–Kier alpha value is -2.54. The maximum Gasteiger partial charge on any atom is 0.282 e. The molecule has 0 atom stereocenters. The molecular weight excluding hydrogens is 478 g/mol. The Morgan fingerprint density at radius 1 is 1.06 bits per heavy atom. The first-order valence-corrected chi connectivity index (χ1v) is 12.3. The number of allylic oxidation sites excluding steroid dienone is 1. The van der Waals surface area contributed by atoms with E-state index in [-0.39, 0.29) is 10.3 Å². The van der Waals surface area contributed by atoms with E-state index in [0.29, 0.717) is 10.6 Å². The summed E-state index contributed by atoms with van der Waals surface area (Å²) < 4.78 is 34.2. The molecule has 34 heavy (non-hydrogen) atoms. The molecule has 9 nitrogen and oxygen atoms in total. The van der Waals surface area contributed by atoms with E-state index >= 15 is 0 Å². The summed E-state index contributed by atoms with van der Waals surface area (Å²) in [5.74, 6) is 0. The molecule has 0 aliphatic heterocycles. The lowest BCUT2D eigenvalue weighted by molar-refractivity contribution is -0.340. The smallest absolute Gasteiger partial charge is 0.282 e. The molecule has 0 heterocycles. The molecule has 0 bridgehead atoms. The van der Waals surface area contributed by atoms with Crippen LogP contribution >= 0.6 is 12.0 Å². The van der Waals surface area contributed by atoms with Gasteiger partial charge in [0.15, 0.2) is 0 Å². The minimum atomic E-state index is -3.96. The van der Waals surface area contributed by atoms with Gasteiger partial charge in [-0.3, -0.25) is 0 Å². The maximum absolute atomic E-state index is 12.7. The van der Waals surface area contributed by atoms with Gasteiger partial charge in [-0.15, -0.1) is 9.32 Å². The second kappa shape index (κ2) is 12.8. The summed E-state index contributed by atoms with van der Waals surface area (Å²) in [6, 6.07) is 12.3. The van der Waals surface area contributed by atoms with E-state index in [2.05, 4.69) is 52.1 Å². The molecule has 0 fully saturated rings. The first-order chi connectivity index (χ1) is 16.0. The van der Waals surface area contributed by atoms with E-state index in [9.17, 15) is 8.42 Å². The number of hydrogen-bond donors (Lipinski definition) is 0. The van der Waals surface area contributed by atoms with Crippen molar-refractivity contribution >= 4 is 46.4 Å². The molecule has 0 amide bonds. The van der Waals surface area contributed by atoms with Gasteiger partial charge in [-0.2, -0.15) is 22.8 Å². The molecule has 0 saturated heterocycles. The first-order valence-electron chi connectivity index (χ1n) is 10.1. The van der Waals surface area contributed by atoms with Crippen LogP contribution in [0, 0.1) is 0 Å². The summed E-state index contributed by atoms with van der Waals surface area (Å²) >= 11 is 0.788. The molecule has 0 saturated carbocycles. The standard InChI is InChI=1S/C23H29N3O6S2/c1-23(2,3)19-11-9-18(10-12-19)8-7-15-25-34(27,28)20-13-14-21(24-17-30-29-6)22(16-20)33-32-31-26(4)5/h7-17H,1-6H3. The average Bonchev–Trinajstić information content (AvgIpc) is 2.77. The van der Waals surface area contributed by atoms with Crippen LogP contribution in [0.4, 0.5) is 5.69 Å². The molecular formula is C23H29N3O6S2. The summed E-state index contributed by atoms with van der Waals surface area (Å²) in [5.41, 5.74) is 2.60. The Morgan fingerprint density at radius 3 is 2.38 bits per heavy atom. The summed E-state index contributed by atoms with van der Waals surface area (Å²) in [6.45, 7) is 6.44. The topological polar surface area (TPSA) is 99.0 Å². The van der Waals surface area contributed by atoms with E-state index in [1.807, 2.05) is 12.1 Å². The van der Waals surface area contributed by atoms with Crippen LogP contribution in [0.2, 0.25) is 0 Å². The highest BCUT2D eigenvalue weighted by molar-refractivity contribution is 7.94. The molecule has 11 heteroatoms. The monoisotopic (exact) mass is 507 g/mol. The summed E-state index contributed by atoms with van der Waals surface area (Å²) in [5, 5.41) is 1.33. The van der Waals surface area contributed by atoms with Crippen molar-refractivity contribution in [2.45, 2.75) is 36.0 Å². The molecule has 184 valence electrons. The Kier molecular flexibility index (Phi) is 10.4. The Bertz CT molecular complexity index is 1120. The predicted molar refractivity (Wildman–Crippen MR) is 134 cm³/mol. The molecule has 0 aliphatic carbocycles. The van der Waals surface area contributed by atoms with Gasteiger partial charge in [-0.05, 0) is 40.8 Å². The fourth-order valence-electron chi connectivity index (χ4n) is 2.49. The van der Waals surface area contributed by atoms with Crippen molar-refractivity contribution in [3.8, 4) is 0 Å². The van der Waals surface area contributed by atoms with Crippen LogP contribution in [0.3, 0.4) is 0 Å². The highest BCUT2D eigenvalue weighted by Crippen LogP contribution is 2.33. The molecule has 2 rings (SSSR count). The summed E-state index contributed by atoms with van der Waals surface area (Å²) in [6.07, 6.45) is 5.67. The zero-order chi connectivity index (χ0) is 25.2. The third-order valence-corrected chi connectivity index (χ3v) is 6.10. The number of rotatable bonds is 11. The fourth-order valence-corrected chi connectivity index (χ4v) is 4.03. The van der Waals surface area contributed by atoms with Crippen molar-refractivity contribution in [2.24, 2.45) is 9.39 Å². The predicted octanol–water partition coefficient (Wildman–Crippen LogP) is 5.13. The third-order valence-electron chi connectivity index (χ3n) is 4.21. The largest absolute Gasteiger partial charge is 0.325 e. The zero-order valence-corrected chi connectivity index (χ0v) is 21.6. The van der Waals surface area contributed by atoms with Crippen LogP contribution in [0.1, 0.15) is 31.9 Å². The maximum atomic E-state index is 12.7. The van der Waals surface area contributed by atoms with Gasteiger partial charge in [0.1, 0.15) is 0 Å². The van der Waals surface area contributed by atoms with Gasteiger partial charge in [0.2, 0.25) is 6.40 Å². The van der Waals surface area contributed by atoms with Gasteiger partial charge < -0.3 is 4.89 Å².